The van der Waals surface area contributed by atoms with Crippen molar-refractivity contribution in [1.29, 1.82) is 0 Å². The molecule has 0 bridgehead atoms. The molecule has 0 aliphatic rings. The molecule has 1 aromatic carbocycles. The van der Waals surface area contributed by atoms with Gasteiger partial charge in [0.15, 0.2) is 0 Å². The van der Waals surface area contributed by atoms with E-state index in [9.17, 15) is 5.11 Å². The van der Waals surface area contributed by atoms with Gasteiger partial charge in [0.05, 0.1) is 6.04 Å². The molecular formula is C15H21NO2. The number of aryl methyl sites for hydroxylation is 1. The van der Waals surface area contributed by atoms with Crippen LogP contribution in [0.1, 0.15) is 37.6 Å². The number of rotatable bonds is 6. The predicted octanol–water partition coefficient (Wildman–Crippen LogP) is 3.03. The van der Waals surface area contributed by atoms with Crippen LogP contribution in [0, 0.1) is 0 Å². The summed E-state index contributed by atoms with van der Waals surface area (Å²) in [5.74, 6) is 0.981. The molecule has 0 spiro atoms. The maximum Gasteiger partial charge on any atom is 0.134 e. The van der Waals surface area contributed by atoms with Crippen LogP contribution in [0.25, 0.3) is 11.0 Å². The number of aliphatic hydroxyl groups is 1. The molecule has 0 aliphatic heterocycles. The zero-order valence-corrected chi connectivity index (χ0v) is 11.1. The van der Waals surface area contributed by atoms with Crippen LogP contribution in [-0.4, -0.2) is 18.3 Å². The van der Waals surface area contributed by atoms with Crippen molar-refractivity contribution in [3.05, 3.63) is 35.6 Å². The van der Waals surface area contributed by atoms with Crippen LogP contribution < -0.4 is 5.32 Å². The number of para-hydroxylation sites is 1. The number of furan rings is 1. The second-order valence-corrected chi connectivity index (χ2v) is 4.42. The molecule has 2 aromatic rings. The first-order valence-electron chi connectivity index (χ1n) is 6.66. The van der Waals surface area contributed by atoms with Crippen molar-refractivity contribution in [2.45, 2.75) is 32.7 Å². The van der Waals surface area contributed by atoms with Gasteiger partial charge in [-0.3, -0.25) is 0 Å². The highest BCUT2D eigenvalue weighted by atomic mass is 16.3. The third kappa shape index (κ3) is 2.42. The quantitative estimate of drug-likeness (QED) is 0.824. The molecule has 2 rings (SSSR count). The summed E-state index contributed by atoms with van der Waals surface area (Å²) in [4.78, 5) is 0. The van der Waals surface area contributed by atoms with Crippen LogP contribution in [0.3, 0.4) is 0 Å². The van der Waals surface area contributed by atoms with Crippen LogP contribution >= 0.6 is 0 Å². The Bertz CT molecular complexity index is 498. The molecule has 0 aliphatic carbocycles. The highest BCUT2D eigenvalue weighted by Gasteiger charge is 2.20. The third-order valence-electron chi connectivity index (χ3n) is 3.27. The van der Waals surface area contributed by atoms with Gasteiger partial charge in [-0.1, -0.05) is 32.0 Å². The Kier molecular flexibility index (Phi) is 4.39. The fourth-order valence-electron chi connectivity index (χ4n) is 2.47. The van der Waals surface area contributed by atoms with Crippen LogP contribution in [0.4, 0.5) is 0 Å². The third-order valence-corrected chi connectivity index (χ3v) is 3.27. The number of aliphatic hydroxyl groups excluding tert-OH is 1. The van der Waals surface area contributed by atoms with E-state index in [0.29, 0.717) is 6.42 Å². The fourth-order valence-corrected chi connectivity index (χ4v) is 2.47. The highest BCUT2D eigenvalue weighted by Crippen LogP contribution is 2.31. The van der Waals surface area contributed by atoms with Gasteiger partial charge in [-0.25, -0.2) is 0 Å². The van der Waals surface area contributed by atoms with E-state index in [1.54, 1.807) is 0 Å². The molecule has 1 aromatic heterocycles. The molecule has 1 atom stereocenters. The molecule has 18 heavy (non-hydrogen) atoms. The Balaban J connectivity index is 2.47. The molecule has 3 nitrogen and oxygen atoms in total. The Morgan fingerprint density at radius 2 is 2.06 bits per heavy atom. The van der Waals surface area contributed by atoms with Gasteiger partial charge in [-0.05, 0) is 25.5 Å². The lowest BCUT2D eigenvalue weighted by molar-refractivity contribution is 0.256. The lowest BCUT2D eigenvalue weighted by Gasteiger charge is -2.15. The Morgan fingerprint density at radius 1 is 1.28 bits per heavy atom. The summed E-state index contributed by atoms with van der Waals surface area (Å²) in [6.45, 7) is 5.24. The van der Waals surface area contributed by atoms with Crippen molar-refractivity contribution in [3.8, 4) is 0 Å². The van der Waals surface area contributed by atoms with E-state index in [1.807, 2.05) is 18.2 Å². The van der Waals surface area contributed by atoms with Gasteiger partial charge in [0.1, 0.15) is 11.3 Å². The minimum atomic E-state index is 0.0994. The molecule has 1 heterocycles. The standard InChI is InChI=1S/C15H21NO2/c1-3-11-12-7-5-6-8-14(12)18-15(11)13(9-10-17)16-4-2/h5-8,13,16-17H,3-4,9-10H2,1-2H3. The average Bonchev–Trinajstić information content (AvgIpc) is 2.76. The molecule has 1 unspecified atom stereocenters. The summed E-state index contributed by atoms with van der Waals surface area (Å²) in [7, 11) is 0. The number of hydrogen-bond donors (Lipinski definition) is 2. The summed E-state index contributed by atoms with van der Waals surface area (Å²) in [6.07, 6.45) is 1.63. The van der Waals surface area contributed by atoms with Gasteiger partial charge in [0.2, 0.25) is 0 Å². The van der Waals surface area contributed by atoms with Crippen molar-refractivity contribution < 1.29 is 9.52 Å². The first kappa shape index (κ1) is 13.1. The van der Waals surface area contributed by atoms with Crippen LogP contribution in [0.5, 0.6) is 0 Å². The second-order valence-electron chi connectivity index (χ2n) is 4.42. The monoisotopic (exact) mass is 247 g/mol. The normalized spacial score (nSPS) is 13.1. The minimum absolute atomic E-state index is 0.0994. The zero-order chi connectivity index (χ0) is 13.0. The van der Waals surface area contributed by atoms with Gasteiger partial charge < -0.3 is 14.8 Å². The van der Waals surface area contributed by atoms with E-state index in [4.69, 9.17) is 4.42 Å². The predicted molar refractivity (Wildman–Crippen MR) is 73.7 cm³/mol. The maximum absolute atomic E-state index is 9.18. The van der Waals surface area contributed by atoms with Crippen LogP contribution in [0.2, 0.25) is 0 Å². The van der Waals surface area contributed by atoms with Gasteiger partial charge in [-0.2, -0.15) is 0 Å². The van der Waals surface area contributed by atoms with Crippen molar-refractivity contribution >= 4 is 11.0 Å². The van der Waals surface area contributed by atoms with E-state index >= 15 is 0 Å². The number of hydrogen-bond acceptors (Lipinski definition) is 3. The van der Waals surface area contributed by atoms with E-state index in [0.717, 1.165) is 24.3 Å². The summed E-state index contributed by atoms with van der Waals surface area (Å²) in [5, 5.41) is 13.8. The van der Waals surface area contributed by atoms with Crippen molar-refractivity contribution in [3.63, 3.8) is 0 Å². The fraction of sp³-hybridized carbons (Fsp3) is 0.467. The molecule has 2 N–H and O–H groups in total. The number of fused-ring (bicyclic) bond motifs is 1. The molecule has 0 amide bonds. The summed E-state index contributed by atoms with van der Waals surface area (Å²) in [5.41, 5.74) is 2.19. The van der Waals surface area contributed by atoms with Crippen molar-refractivity contribution in [2.24, 2.45) is 0 Å². The summed E-state index contributed by atoms with van der Waals surface area (Å²) < 4.78 is 5.98. The van der Waals surface area contributed by atoms with E-state index in [2.05, 4.69) is 25.2 Å². The molecule has 3 heteroatoms. The molecule has 0 saturated carbocycles. The highest BCUT2D eigenvalue weighted by molar-refractivity contribution is 5.82. The minimum Gasteiger partial charge on any atom is -0.459 e. The Hall–Kier alpha value is -1.32. The first-order valence-corrected chi connectivity index (χ1v) is 6.66. The second kappa shape index (κ2) is 6.03. The lowest BCUT2D eigenvalue weighted by Crippen LogP contribution is -2.22. The van der Waals surface area contributed by atoms with Gasteiger partial charge in [-0.15, -0.1) is 0 Å². The molecule has 98 valence electrons. The summed E-state index contributed by atoms with van der Waals surface area (Å²) in [6, 6.07) is 8.23. The summed E-state index contributed by atoms with van der Waals surface area (Å²) >= 11 is 0. The van der Waals surface area contributed by atoms with Gasteiger partial charge in [0, 0.05) is 17.6 Å². The number of nitrogens with one attached hydrogen (secondary N) is 1. The van der Waals surface area contributed by atoms with E-state index < -0.39 is 0 Å². The van der Waals surface area contributed by atoms with Crippen LogP contribution in [-0.2, 0) is 6.42 Å². The van der Waals surface area contributed by atoms with Crippen molar-refractivity contribution in [2.75, 3.05) is 13.2 Å². The van der Waals surface area contributed by atoms with E-state index in [1.165, 1.54) is 10.9 Å². The molecule has 0 radical (unpaired) electrons. The smallest absolute Gasteiger partial charge is 0.134 e. The first-order chi connectivity index (χ1) is 8.81. The number of benzene rings is 1. The SMILES string of the molecule is CCNC(CCO)c1oc2ccccc2c1CC. The topological polar surface area (TPSA) is 45.4 Å². The Morgan fingerprint density at radius 3 is 2.72 bits per heavy atom. The molecule has 0 saturated heterocycles. The lowest BCUT2D eigenvalue weighted by atomic mass is 10.0. The van der Waals surface area contributed by atoms with E-state index in [-0.39, 0.29) is 12.6 Å². The largest absolute Gasteiger partial charge is 0.459 e. The van der Waals surface area contributed by atoms with Crippen LogP contribution in [0.15, 0.2) is 28.7 Å². The average molecular weight is 247 g/mol. The maximum atomic E-state index is 9.18. The molecular weight excluding hydrogens is 226 g/mol. The Labute approximate surface area is 108 Å². The zero-order valence-electron chi connectivity index (χ0n) is 11.1. The molecule has 0 fully saturated rings. The van der Waals surface area contributed by atoms with Gasteiger partial charge in [0.25, 0.3) is 0 Å². The van der Waals surface area contributed by atoms with Gasteiger partial charge >= 0.3 is 0 Å². The van der Waals surface area contributed by atoms with Crippen molar-refractivity contribution in [1.82, 2.24) is 5.32 Å².